The molecule has 0 aliphatic heterocycles. The predicted octanol–water partition coefficient (Wildman–Crippen LogP) is 2.28. The molecule has 4 heteroatoms. The molecule has 0 aliphatic carbocycles. The zero-order valence-electron chi connectivity index (χ0n) is 8.94. The van der Waals surface area contributed by atoms with Gasteiger partial charge in [-0.3, -0.25) is 4.68 Å². The van der Waals surface area contributed by atoms with Crippen LogP contribution in [-0.2, 0) is 13.1 Å². The predicted molar refractivity (Wildman–Crippen MR) is 73.1 cm³/mol. The smallest absolute Gasteiger partial charge is 0.0534 e. The fraction of sp³-hybridized carbons (Fsp3) is 0.250. The Labute approximate surface area is 109 Å². The molecule has 1 heterocycles. The molecule has 0 fully saturated rings. The third-order valence-corrected chi connectivity index (χ3v) is 3.04. The maximum atomic E-state index is 4.15. The lowest BCUT2D eigenvalue weighted by molar-refractivity contribution is 0.555. The van der Waals surface area contributed by atoms with Crippen LogP contribution in [0.25, 0.3) is 0 Å². The fourth-order valence-electron chi connectivity index (χ4n) is 1.46. The van der Waals surface area contributed by atoms with Gasteiger partial charge in [-0.15, -0.1) is 0 Å². The Kier molecular flexibility index (Phi) is 4.35. The van der Waals surface area contributed by atoms with Crippen LogP contribution >= 0.6 is 22.6 Å². The first-order valence-electron chi connectivity index (χ1n) is 5.27. The van der Waals surface area contributed by atoms with E-state index in [-0.39, 0.29) is 0 Å². The van der Waals surface area contributed by atoms with Crippen molar-refractivity contribution in [3.63, 3.8) is 0 Å². The second-order valence-electron chi connectivity index (χ2n) is 3.57. The van der Waals surface area contributed by atoms with Gasteiger partial charge in [0.15, 0.2) is 0 Å². The first kappa shape index (κ1) is 11.6. The molecule has 0 unspecified atom stereocenters. The average molecular weight is 327 g/mol. The van der Waals surface area contributed by atoms with Crippen LogP contribution in [0, 0.1) is 3.57 Å². The van der Waals surface area contributed by atoms with E-state index in [2.05, 4.69) is 57.3 Å². The summed E-state index contributed by atoms with van der Waals surface area (Å²) in [6.07, 6.45) is 3.78. The number of rotatable bonds is 5. The van der Waals surface area contributed by atoms with Crippen LogP contribution in [0.4, 0.5) is 0 Å². The molecule has 1 aromatic heterocycles. The minimum absolute atomic E-state index is 0.914. The van der Waals surface area contributed by atoms with Gasteiger partial charge in [-0.1, -0.05) is 12.1 Å². The summed E-state index contributed by atoms with van der Waals surface area (Å²) in [6.45, 7) is 2.77. The number of aromatic nitrogens is 2. The van der Waals surface area contributed by atoms with Gasteiger partial charge in [0.2, 0.25) is 0 Å². The first-order valence-corrected chi connectivity index (χ1v) is 6.35. The molecule has 16 heavy (non-hydrogen) atoms. The van der Waals surface area contributed by atoms with Gasteiger partial charge >= 0.3 is 0 Å². The van der Waals surface area contributed by atoms with Crippen molar-refractivity contribution < 1.29 is 0 Å². The Morgan fingerprint density at radius 1 is 1.25 bits per heavy atom. The van der Waals surface area contributed by atoms with Crippen molar-refractivity contribution in [1.29, 1.82) is 0 Å². The van der Waals surface area contributed by atoms with Gasteiger partial charge in [0, 0.05) is 29.1 Å². The van der Waals surface area contributed by atoms with E-state index in [1.54, 1.807) is 6.20 Å². The lowest BCUT2D eigenvalue weighted by atomic mass is 10.2. The van der Waals surface area contributed by atoms with Gasteiger partial charge in [0.1, 0.15) is 0 Å². The number of hydrogen-bond acceptors (Lipinski definition) is 2. The van der Waals surface area contributed by atoms with Crippen molar-refractivity contribution in [2.45, 2.75) is 13.1 Å². The third-order valence-electron chi connectivity index (χ3n) is 2.32. The summed E-state index contributed by atoms with van der Waals surface area (Å²) in [5.74, 6) is 0. The highest BCUT2D eigenvalue weighted by Crippen LogP contribution is 2.06. The third kappa shape index (κ3) is 3.61. The Bertz CT molecular complexity index is 408. The first-order chi connectivity index (χ1) is 7.84. The molecule has 0 aliphatic rings. The Morgan fingerprint density at radius 2 is 2.06 bits per heavy atom. The summed E-state index contributed by atoms with van der Waals surface area (Å²) in [5.41, 5.74) is 1.32. The summed E-state index contributed by atoms with van der Waals surface area (Å²) in [5, 5.41) is 7.54. The minimum Gasteiger partial charge on any atom is -0.311 e. The quantitative estimate of drug-likeness (QED) is 0.674. The van der Waals surface area contributed by atoms with Gasteiger partial charge < -0.3 is 5.32 Å². The second-order valence-corrected chi connectivity index (χ2v) is 4.82. The molecule has 0 saturated heterocycles. The van der Waals surface area contributed by atoms with Crippen LogP contribution in [0.1, 0.15) is 5.56 Å². The molecule has 1 N–H and O–H groups in total. The second kappa shape index (κ2) is 6.00. The van der Waals surface area contributed by atoms with E-state index in [0.29, 0.717) is 0 Å². The highest BCUT2D eigenvalue weighted by atomic mass is 127. The maximum absolute atomic E-state index is 4.15. The lowest BCUT2D eigenvalue weighted by Gasteiger charge is -2.05. The molecule has 3 nitrogen and oxygen atoms in total. The molecule has 0 bridgehead atoms. The summed E-state index contributed by atoms with van der Waals surface area (Å²) in [4.78, 5) is 0. The Morgan fingerprint density at radius 3 is 2.75 bits per heavy atom. The number of hydrogen-bond donors (Lipinski definition) is 1. The Balaban J connectivity index is 1.70. The van der Waals surface area contributed by atoms with Crippen LogP contribution in [0.2, 0.25) is 0 Å². The van der Waals surface area contributed by atoms with Crippen molar-refractivity contribution in [2.75, 3.05) is 6.54 Å². The molecule has 0 amide bonds. The summed E-state index contributed by atoms with van der Waals surface area (Å²) in [7, 11) is 0. The SMILES string of the molecule is Ic1ccc(CNCCn2cccn2)cc1. The molecule has 2 rings (SSSR count). The van der Waals surface area contributed by atoms with Gasteiger partial charge in [-0.25, -0.2) is 0 Å². The highest BCUT2D eigenvalue weighted by Gasteiger charge is 1.93. The molecule has 0 radical (unpaired) electrons. The lowest BCUT2D eigenvalue weighted by Crippen LogP contribution is -2.19. The number of halogens is 1. The number of nitrogens with zero attached hydrogens (tertiary/aromatic N) is 2. The van der Waals surface area contributed by atoms with E-state index in [1.165, 1.54) is 9.13 Å². The Hall–Kier alpha value is -0.880. The van der Waals surface area contributed by atoms with E-state index in [4.69, 9.17) is 0 Å². The number of benzene rings is 1. The van der Waals surface area contributed by atoms with Crippen LogP contribution in [0.15, 0.2) is 42.7 Å². The van der Waals surface area contributed by atoms with Crippen molar-refractivity contribution in [2.24, 2.45) is 0 Å². The highest BCUT2D eigenvalue weighted by molar-refractivity contribution is 14.1. The standard InChI is InChI=1S/C12H14IN3/c13-12-4-2-11(3-5-12)10-14-7-9-16-8-1-6-15-16/h1-6,8,14H,7,9-10H2. The summed E-state index contributed by atoms with van der Waals surface area (Å²) in [6, 6.07) is 10.5. The van der Waals surface area contributed by atoms with Gasteiger partial charge in [0.25, 0.3) is 0 Å². The molecular weight excluding hydrogens is 313 g/mol. The largest absolute Gasteiger partial charge is 0.311 e. The summed E-state index contributed by atoms with van der Waals surface area (Å²) < 4.78 is 3.21. The van der Waals surface area contributed by atoms with Gasteiger partial charge in [-0.05, 0) is 46.4 Å². The van der Waals surface area contributed by atoms with Crippen molar-refractivity contribution in [3.8, 4) is 0 Å². The topological polar surface area (TPSA) is 29.9 Å². The van der Waals surface area contributed by atoms with Crippen molar-refractivity contribution >= 4 is 22.6 Å². The minimum atomic E-state index is 0.914. The normalized spacial score (nSPS) is 10.6. The molecule has 84 valence electrons. The van der Waals surface area contributed by atoms with Crippen LogP contribution in [0.5, 0.6) is 0 Å². The van der Waals surface area contributed by atoms with Gasteiger partial charge in [-0.2, -0.15) is 5.10 Å². The number of nitrogens with one attached hydrogen (secondary N) is 1. The van der Waals surface area contributed by atoms with E-state index in [9.17, 15) is 0 Å². The molecule has 1 aromatic carbocycles. The average Bonchev–Trinajstić information content (AvgIpc) is 2.80. The van der Waals surface area contributed by atoms with E-state index < -0.39 is 0 Å². The monoisotopic (exact) mass is 327 g/mol. The molecular formula is C12H14IN3. The van der Waals surface area contributed by atoms with E-state index in [1.807, 2.05) is 16.9 Å². The van der Waals surface area contributed by atoms with Gasteiger partial charge in [0.05, 0.1) is 6.54 Å². The van der Waals surface area contributed by atoms with E-state index >= 15 is 0 Å². The molecule has 2 aromatic rings. The zero-order chi connectivity index (χ0) is 11.2. The summed E-state index contributed by atoms with van der Waals surface area (Å²) >= 11 is 2.32. The van der Waals surface area contributed by atoms with Crippen molar-refractivity contribution in [3.05, 3.63) is 51.9 Å². The maximum Gasteiger partial charge on any atom is 0.0534 e. The van der Waals surface area contributed by atoms with Crippen LogP contribution in [0.3, 0.4) is 0 Å². The fourth-order valence-corrected chi connectivity index (χ4v) is 1.82. The molecule has 0 saturated carbocycles. The van der Waals surface area contributed by atoms with E-state index in [0.717, 1.165) is 19.6 Å². The molecule has 0 spiro atoms. The molecule has 0 atom stereocenters. The zero-order valence-corrected chi connectivity index (χ0v) is 11.1. The van der Waals surface area contributed by atoms with Crippen molar-refractivity contribution in [1.82, 2.24) is 15.1 Å². The van der Waals surface area contributed by atoms with Crippen LogP contribution in [-0.4, -0.2) is 16.3 Å². The van der Waals surface area contributed by atoms with Crippen LogP contribution < -0.4 is 5.32 Å².